The predicted octanol–water partition coefficient (Wildman–Crippen LogP) is 2.53. The maximum absolute atomic E-state index is 12.5. The van der Waals surface area contributed by atoms with Crippen LogP contribution in [-0.4, -0.2) is 22.9 Å². The molecule has 4 N–H and O–H groups in total. The van der Waals surface area contributed by atoms with Gasteiger partial charge in [-0.25, -0.2) is 4.98 Å². The van der Waals surface area contributed by atoms with Crippen molar-refractivity contribution in [3.05, 3.63) is 41.7 Å². The number of benzene rings is 1. The van der Waals surface area contributed by atoms with Gasteiger partial charge in [0.15, 0.2) is 5.82 Å². The monoisotopic (exact) mass is 311 g/mol. The molecule has 0 unspecified atom stereocenters. The van der Waals surface area contributed by atoms with Crippen LogP contribution < -0.4 is 15.8 Å². The summed E-state index contributed by atoms with van der Waals surface area (Å²) < 4.78 is 42.5. The summed E-state index contributed by atoms with van der Waals surface area (Å²) in [6.07, 6.45) is -3.12. The maximum Gasteiger partial charge on any atom is 0.416 e. The SMILES string of the molecule is COc1cnc(C(=N)N)c(Nc2ccc(C(F)(F)F)cc2)n1. The van der Waals surface area contributed by atoms with Crippen molar-refractivity contribution in [2.75, 3.05) is 12.4 Å². The zero-order chi connectivity index (χ0) is 16.3. The number of amidine groups is 1. The number of methoxy groups -OCH3 is 1. The van der Waals surface area contributed by atoms with Crippen LogP contribution in [0.3, 0.4) is 0 Å². The molecule has 0 saturated carbocycles. The first-order valence-corrected chi connectivity index (χ1v) is 6.01. The number of nitrogen functional groups attached to an aromatic ring is 1. The van der Waals surface area contributed by atoms with Gasteiger partial charge in [-0.1, -0.05) is 0 Å². The second-order valence-electron chi connectivity index (χ2n) is 4.22. The molecular formula is C13H12F3N5O. The lowest BCUT2D eigenvalue weighted by Crippen LogP contribution is -2.16. The average Bonchev–Trinajstić information content (AvgIpc) is 2.46. The summed E-state index contributed by atoms with van der Waals surface area (Å²) in [7, 11) is 1.39. The molecule has 22 heavy (non-hydrogen) atoms. The van der Waals surface area contributed by atoms with E-state index in [1.807, 2.05) is 0 Å². The zero-order valence-electron chi connectivity index (χ0n) is 11.4. The number of aromatic nitrogens is 2. The van der Waals surface area contributed by atoms with Gasteiger partial charge in [-0.15, -0.1) is 0 Å². The molecule has 1 aromatic carbocycles. The third kappa shape index (κ3) is 3.43. The first kappa shape index (κ1) is 15.5. The highest BCUT2D eigenvalue weighted by molar-refractivity contribution is 5.98. The number of hydrogen-bond donors (Lipinski definition) is 3. The van der Waals surface area contributed by atoms with Gasteiger partial charge in [0.1, 0.15) is 11.5 Å². The van der Waals surface area contributed by atoms with Gasteiger partial charge in [0, 0.05) is 5.69 Å². The van der Waals surface area contributed by atoms with Crippen LogP contribution in [-0.2, 0) is 6.18 Å². The van der Waals surface area contributed by atoms with Crippen molar-refractivity contribution in [1.29, 1.82) is 5.41 Å². The fraction of sp³-hybridized carbons (Fsp3) is 0.154. The van der Waals surface area contributed by atoms with Gasteiger partial charge >= 0.3 is 6.18 Å². The summed E-state index contributed by atoms with van der Waals surface area (Å²) in [5, 5.41) is 10.2. The van der Waals surface area contributed by atoms with Crippen LogP contribution in [0.25, 0.3) is 0 Å². The molecule has 0 bridgehead atoms. The molecule has 2 rings (SSSR count). The zero-order valence-corrected chi connectivity index (χ0v) is 11.4. The molecular weight excluding hydrogens is 299 g/mol. The Balaban J connectivity index is 2.32. The van der Waals surface area contributed by atoms with E-state index in [1.54, 1.807) is 0 Å². The highest BCUT2D eigenvalue weighted by Crippen LogP contribution is 2.30. The molecule has 1 aromatic heterocycles. The van der Waals surface area contributed by atoms with E-state index in [2.05, 4.69) is 15.3 Å². The highest BCUT2D eigenvalue weighted by Gasteiger charge is 2.30. The Hall–Kier alpha value is -2.84. The third-order valence-electron chi connectivity index (χ3n) is 2.69. The van der Waals surface area contributed by atoms with E-state index in [0.29, 0.717) is 5.69 Å². The van der Waals surface area contributed by atoms with Crippen LogP contribution in [0.4, 0.5) is 24.7 Å². The number of nitrogens with zero attached hydrogens (tertiary/aromatic N) is 2. The van der Waals surface area contributed by atoms with Crippen LogP contribution in [0, 0.1) is 5.41 Å². The Morgan fingerprint density at radius 1 is 1.27 bits per heavy atom. The Kier molecular flexibility index (Phi) is 4.15. The molecule has 0 atom stereocenters. The van der Waals surface area contributed by atoms with Crippen LogP contribution >= 0.6 is 0 Å². The van der Waals surface area contributed by atoms with Crippen molar-refractivity contribution in [2.45, 2.75) is 6.18 Å². The largest absolute Gasteiger partial charge is 0.480 e. The number of rotatable bonds is 4. The minimum atomic E-state index is -4.40. The standard InChI is InChI=1S/C13H12F3N5O/c1-22-9-6-19-10(11(17)18)12(21-9)20-8-4-2-7(3-5-8)13(14,15)16/h2-6H,1H3,(H3,17,18)(H,20,21). The lowest BCUT2D eigenvalue weighted by atomic mass is 10.2. The molecule has 1 heterocycles. The van der Waals surface area contributed by atoms with Crippen molar-refractivity contribution in [3.63, 3.8) is 0 Å². The van der Waals surface area contributed by atoms with Gasteiger partial charge in [-0.2, -0.15) is 18.2 Å². The van der Waals surface area contributed by atoms with Gasteiger partial charge in [0.25, 0.3) is 0 Å². The van der Waals surface area contributed by atoms with E-state index < -0.39 is 11.7 Å². The van der Waals surface area contributed by atoms with E-state index >= 15 is 0 Å². The van der Waals surface area contributed by atoms with Crippen molar-refractivity contribution in [1.82, 2.24) is 9.97 Å². The number of hydrogen-bond acceptors (Lipinski definition) is 5. The number of alkyl halides is 3. The van der Waals surface area contributed by atoms with E-state index in [4.69, 9.17) is 15.9 Å². The summed E-state index contributed by atoms with van der Waals surface area (Å²) in [6.45, 7) is 0. The number of ether oxygens (including phenoxy) is 1. The second-order valence-corrected chi connectivity index (χ2v) is 4.22. The summed E-state index contributed by atoms with van der Waals surface area (Å²) in [6, 6.07) is 4.36. The first-order valence-electron chi connectivity index (χ1n) is 6.01. The van der Waals surface area contributed by atoms with Crippen LogP contribution in [0.1, 0.15) is 11.3 Å². The van der Waals surface area contributed by atoms with Gasteiger partial charge < -0.3 is 15.8 Å². The molecule has 0 amide bonds. The molecule has 2 aromatic rings. The topological polar surface area (TPSA) is 96.9 Å². The Labute approximate surface area is 123 Å². The molecule has 6 nitrogen and oxygen atoms in total. The molecule has 0 aliphatic rings. The first-order chi connectivity index (χ1) is 10.3. The molecule has 0 aliphatic carbocycles. The molecule has 0 saturated heterocycles. The normalized spacial score (nSPS) is 11.1. The summed E-state index contributed by atoms with van der Waals surface area (Å²) in [5.41, 5.74) is 5.05. The summed E-state index contributed by atoms with van der Waals surface area (Å²) >= 11 is 0. The lowest BCUT2D eigenvalue weighted by molar-refractivity contribution is -0.137. The summed E-state index contributed by atoms with van der Waals surface area (Å²) in [5.74, 6) is -0.0319. The smallest absolute Gasteiger partial charge is 0.416 e. The number of halogens is 3. The van der Waals surface area contributed by atoms with Crippen LogP contribution in [0.5, 0.6) is 5.88 Å². The molecule has 0 spiro atoms. The van der Waals surface area contributed by atoms with E-state index in [-0.39, 0.29) is 23.2 Å². The number of nitrogens with one attached hydrogen (secondary N) is 2. The van der Waals surface area contributed by atoms with Crippen molar-refractivity contribution >= 4 is 17.3 Å². The molecule has 0 radical (unpaired) electrons. The Morgan fingerprint density at radius 2 is 1.91 bits per heavy atom. The number of nitrogens with two attached hydrogens (primary N) is 1. The fourth-order valence-electron chi connectivity index (χ4n) is 1.63. The molecule has 9 heteroatoms. The lowest BCUT2D eigenvalue weighted by Gasteiger charge is -2.12. The van der Waals surface area contributed by atoms with Crippen molar-refractivity contribution < 1.29 is 17.9 Å². The van der Waals surface area contributed by atoms with E-state index in [9.17, 15) is 13.2 Å². The van der Waals surface area contributed by atoms with Crippen molar-refractivity contribution in [2.24, 2.45) is 5.73 Å². The second kappa shape index (κ2) is 5.88. The average molecular weight is 311 g/mol. The summed E-state index contributed by atoms with van der Waals surface area (Å²) in [4.78, 5) is 7.96. The minimum Gasteiger partial charge on any atom is -0.480 e. The van der Waals surface area contributed by atoms with E-state index in [1.165, 1.54) is 25.4 Å². The predicted molar refractivity (Wildman–Crippen MR) is 74.3 cm³/mol. The van der Waals surface area contributed by atoms with Gasteiger partial charge in [-0.3, -0.25) is 5.41 Å². The van der Waals surface area contributed by atoms with Crippen LogP contribution in [0.15, 0.2) is 30.5 Å². The molecule has 0 fully saturated rings. The number of anilines is 2. The van der Waals surface area contributed by atoms with Gasteiger partial charge in [0.2, 0.25) is 5.88 Å². The van der Waals surface area contributed by atoms with Gasteiger partial charge in [0.05, 0.1) is 18.9 Å². The minimum absolute atomic E-state index is 0.0701. The molecule has 0 aliphatic heterocycles. The highest BCUT2D eigenvalue weighted by atomic mass is 19.4. The van der Waals surface area contributed by atoms with Crippen LogP contribution in [0.2, 0.25) is 0 Å². The Bertz CT molecular complexity index is 685. The fourth-order valence-corrected chi connectivity index (χ4v) is 1.63. The van der Waals surface area contributed by atoms with Gasteiger partial charge in [-0.05, 0) is 24.3 Å². The quantitative estimate of drug-likeness (QED) is 0.595. The van der Waals surface area contributed by atoms with Crippen molar-refractivity contribution in [3.8, 4) is 5.88 Å². The molecule has 116 valence electrons. The third-order valence-corrected chi connectivity index (χ3v) is 2.69. The Morgan fingerprint density at radius 3 is 2.41 bits per heavy atom. The van der Waals surface area contributed by atoms with E-state index in [0.717, 1.165) is 12.1 Å². The maximum atomic E-state index is 12.5.